The zero-order chi connectivity index (χ0) is 26.3. The monoisotopic (exact) mass is 508 g/mol. The molecule has 1 saturated heterocycles. The first-order valence-electron chi connectivity index (χ1n) is 13.1. The number of carbonyl (C=O) groups is 2. The SMILES string of the molecule is COc1ccc2c(c1)n(C[C@H]1CC[C@H](C(=O)N3CCN(C(=O)c4cc(C)nn4C)CC3)CC1)c(=O)n2C. The fourth-order valence-corrected chi connectivity index (χ4v) is 5.90. The standard InChI is InChI=1S/C27H36N6O4/c1-18-15-24(30(3)28-18)26(35)32-13-11-31(12-14-32)25(34)20-7-5-19(6-8-20)17-33-23-16-21(37-4)9-10-22(23)29(2)27(33)36/h9-10,15-16,19-20H,5-8,11-14,17H2,1-4H3/t19-,20-. The molecule has 10 heteroatoms. The van der Waals surface area contributed by atoms with Gasteiger partial charge in [0.05, 0.1) is 23.8 Å². The van der Waals surface area contributed by atoms with Crippen LogP contribution in [0.4, 0.5) is 0 Å². The summed E-state index contributed by atoms with van der Waals surface area (Å²) in [4.78, 5) is 42.8. The number of nitrogens with zero attached hydrogens (tertiary/aromatic N) is 6. The summed E-state index contributed by atoms with van der Waals surface area (Å²) >= 11 is 0. The van der Waals surface area contributed by atoms with E-state index in [0.29, 0.717) is 44.3 Å². The Balaban J connectivity index is 1.16. The number of benzene rings is 1. The topological polar surface area (TPSA) is 94.6 Å². The molecule has 0 bridgehead atoms. The summed E-state index contributed by atoms with van der Waals surface area (Å²) in [6.45, 7) is 4.73. The van der Waals surface area contributed by atoms with Crippen LogP contribution in [-0.2, 0) is 25.4 Å². The Morgan fingerprint density at radius 1 is 0.973 bits per heavy atom. The second-order valence-electron chi connectivity index (χ2n) is 10.4. The van der Waals surface area contributed by atoms with Crippen LogP contribution in [0.5, 0.6) is 5.75 Å². The molecule has 1 aromatic carbocycles. The van der Waals surface area contributed by atoms with Crippen LogP contribution in [0.2, 0.25) is 0 Å². The van der Waals surface area contributed by atoms with Gasteiger partial charge in [-0.2, -0.15) is 5.10 Å². The number of hydrogen-bond donors (Lipinski definition) is 0. The Bertz CT molecular complexity index is 1370. The molecule has 5 rings (SSSR count). The molecule has 1 saturated carbocycles. The van der Waals surface area contributed by atoms with Crippen molar-refractivity contribution in [2.45, 2.75) is 39.2 Å². The molecule has 2 fully saturated rings. The second-order valence-corrected chi connectivity index (χ2v) is 10.4. The molecule has 0 spiro atoms. The van der Waals surface area contributed by atoms with Gasteiger partial charge in [0, 0.05) is 58.8 Å². The number of rotatable bonds is 5. The van der Waals surface area contributed by atoms with Crippen LogP contribution >= 0.6 is 0 Å². The molecule has 37 heavy (non-hydrogen) atoms. The Labute approximate surface area is 216 Å². The van der Waals surface area contributed by atoms with Crippen molar-refractivity contribution < 1.29 is 14.3 Å². The van der Waals surface area contributed by atoms with E-state index >= 15 is 0 Å². The maximum atomic E-state index is 13.3. The molecule has 0 unspecified atom stereocenters. The highest BCUT2D eigenvalue weighted by Crippen LogP contribution is 2.32. The zero-order valence-corrected chi connectivity index (χ0v) is 22.1. The largest absolute Gasteiger partial charge is 0.497 e. The first kappa shape index (κ1) is 25.1. The third-order valence-corrected chi connectivity index (χ3v) is 8.09. The lowest BCUT2D eigenvalue weighted by Gasteiger charge is -2.38. The minimum atomic E-state index is -0.0306. The number of aryl methyl sites for hydroxylation is 3. The number of aromatic nitrogens is 4. The van der Waals surface area contributed by atoms with Gasteiger partial charge >= 0.3 is 5.69 Å². The fourth-order valence-electron chi connectivity index (χ4n) is 5.90. The number of carbonyl (C=O) groups excluding carboxylic acids is 2. The third-order valence-electron chi connectivity index (χ3n) is 8.09. The first-order chi connectivity index (χ1) is 17.8. The van der Waals surface area contributed by atoms with Gasteiger partial charge < -0.3 is 14.5 Å². The summed E-state index contributed by atoms with van der Waals surface area (Å²) in [6, 6.07) is 7.53. The van der Waals surface area contributed by atoms with E-state index in [-0.39, 0.29) is 23.4 Å². The summed E-state index contributed by atoms with van der Waals surface area (Å²) in [5, 5.41) is 4.27. The molecule has 2 aliphatic rings. The number of amides is 2. The van der Waals surface area contributed by atoms with Gasteiger partial charge in [-0.25, -0.2) is 4.79 Å². The zero-order valence-electron chi connectivity index (χ0n) is 22.1. The van der Waals surface area contributed by atoms with Gasteiger partial charge in [-0.15, -0.1) is 0 Å². The number of ether oxygens (including phenoxy) is 1. The van der Waals surface area contributed by atoms with Crippen molar-refractivity contribution in [3.63, 3.8) is 0 Å². The van der Waals surface area contributed by atoms with E-state index in [1.807, 2.05) is 39.5 Å². The smallest absolute Gasteiger partial charge is 0.328 e. The molecule has 10 nitrogen and oxygen atoms in total. The van der Waals surface area contributed by atoms with Gasteiger partial charge in [0.15, 0.2) is 0 Å². The van der Waals surface area contributed by atoms with Crippen molar-refractivity contribution in [1.29, 1.82) is 0 Å². The lowest BCUT2D eigenvalue weighted by molar-refractivity contribution is -0.138. The molecular formula is C27H36N6O4. The van der Waals surface area contributed by atoms with E-state index in [2.05, 4.69) is 5.10 Å². The first-order valence-corrected chi connectivity index (χ1v) is 13.1. The lowest BCUT2D eigenvalue weighted by atomic mass is 9.81. The average molecular weight is 509 g/mol. The van der Waals surface area contributed by atoms with Crippen LogP contribution in [-0.4, -0.2) is 73.8 Å². The quantitative estimate of drug-likeness (QED) is 0.527. The highest BCUT2D eigenvalue weighted by molar-refractivity contribution is 5.93. The molecule has 0 radical (unpaired) electrons. The van der Waals surface area contributed by atoms with Crippen LogP contribution < -0.4 is 10.4 Å². The summed E-state index contributed by atoms with van der Waals surface area (Å²) in [6.07, 6.45) is 3.50. The number of fused-ring (bicyclic) bond motifs is 1. The third kappa shape index (κ3) is 4.76. The van der Waals surface area contributed by atoms with Gasteiger partial charge in [0.1, 0.15) is 11.4 Å². The molecule has 3 heterocycles. The van der Waals surface area contributed by atoms with E-state index in [0.717, 1.165) is 48.2 Å². The van der Waals surface area contributed by atoms with Crippen molar-refractivity contribution in [2.75, 3.05) is 33.3 Å². The van der Waals surface area contributed by atoms with Crippen LogP contribution in [0.1, 0.15) is 41.9 Å². The average Bonchev–Trinajstić information content (AvgIpc) is 3.38. The molecule has 3 aromatic rings. The fraction of sp³-hybridized carbons (Fsp3) is 0.556. The Kier molecular flexibility index (Phi) is 6.83. The van der Waals surface area contributed by atoms with Crippen molar-refractivity contribution in [3.8, 4) is 5.75 Å². The minimum absolute atomic E-state index is 0.0163. The molecule has 1 aliphatic carbocycles. The van der Waals surface area contributed by atoms with Gasteiger partial charge in [0.2, 0.25) is 5.91 Å². The van der Waals surface area contributed by atoms with E-state index in [4.69, 9.17) is 4.74 Å². The maximum Gasteiger partial charge on any atom is 0.328 e. The molecule has 198 valence electrons. The second kappa shape index (κ2) is 10.1. The predicted molar refractivity (Wildman–Crippen MR) is 140 cm³/mol. The van der Waals surface area contributed by atoms with E-state index in [1.54, 1.807) is 36.5 Å². The van der Waals surface area contributed by atoms with E-state index < -0.39 is 0 Å². The molecule has 2 amide bonds. The summed E-state index contributed by atoms with van der Waals surface area (Å²) in [7, 11) is 5.21. The Morgan fingerprint density at radius 3 is 2.27 bits per heavy atom. The summed E-state index contributed by atoms with van der Waals surface area (Å²) < 4.78 is 10.5. The normalized spacial score (nSPS) is 20.4. The minimum Gasteiger partial charge on any atom is -0.497 e. The molecule has 0 N–H and O–H groups in total. The highest BCUT2D eigenvalue weighted by atomic mass is 16.5. The molecule has 0 atom stereocenters. The number of piperazine rings is 1. The van der Waals surface area contributed by atoms with Crippen molar-refractivity contribution in [1.82, 2.24) is 28.7 Å². The van der Waals surface area contributed by atoms with Gasteiger partial charge in [-0.05, 0) is 56.7 Å². The van der Waals surface area contributed by atoms with Gasteiger partial charge in [0.25, 0.3) is 5.91 Å². The summed E-state index contributed by atoms with van der Waals surface area (Å²) in [5.74, 6) is 1.28. The van der Waals surface area contributed by atoms with E-state index in [9.17, 15) is 14.4 Å². The van der Waals surface area contributed by atoms with Gasteiger partial charge in [-0.1, -0.05) is 0 Å². The number of hydrogen-bond acceptors (Lipinski definition) is 5. The van der Waals surface area contributed by atoms with Crippen molar-refractivity contribution in [2.24, 2.45) is 25.9 Å². The maximum absolute atomic E-state index is 13.3. The highest BCUT2D eigenvalue weighted by Gasteiger charge is 2.33. The lowest BCUT2D eigenvalue weighted by Crippen LogP contribution is -2.52. The van der Waals surface area contributed by atoms with Crippen molar-refractivity contribution >= 4 is 22.8 Å². The van der Waals surface area contributed by atoms with Crippen LogP contribution in [0.3, 0.4) is 0 Å². The number of methoxy groups -OCH3 is 1. The van der Waals surface area contributed by atoms with Gasteiger partial charge in [-0.3, -0.25) is 23.4 Å². The number of imidazole rings is 1. The molecule has 2 aromatic heterocycles. The van der Waals surface area contributed by atoms with Crippen molar-refractivity contribution in [3.05, 3.63) is 46.1 Å². The Hall–Kier alpha value is -3.56. The van der Waals surface area contributed by atoms with Crippen LogP contribution in [0.15, 0.2) is 29.1 Å². The molecular weight excluding hydrogens is 472 g/mol. The Morgan fingerprint density at radius 2 is 1.65 bits per heavy atom. The summed E-state index contributed by atoms with van der Waals surface area (Å²) in [5.41, 5.74) is 3.17. The van der Waals surface area contributed by atoms with E-state index in [1.165, 1.54) is 0 Å². The van der Waals surface area contributed by atoms with Crippen LogP contribution in [0, 0.1) is 18.8 Å². The predicted octanol–water partition coefficient (Wildman–Crippen LogP) is 2.18. The van der Waals surface area contributed by atoms with Crippen LogP contribution in [0.25, 0.3) is 11.0 Å². The molecule has 1 aliphatic heterocycles.